The van der Waals surface area contributed by atoms with Gasteiger partial charge in [0.1, 0.15) is 6.54 Å². The quantitative estimate of drug-likeness (QED) is 0.665. The monoisotopic (exact) mass is 280 g/mol. The van der Waals surface area contributed by atoms with E-state index in [4.69, 9.17) is 0 Å². The number of carbonyl (C=O) groups excluding carboxylic acids is 2. The van der Waals surface area contributed by atoms with Crippen molar-refractivity contribution < 1.29 is 9.59 Å². The summed E-state index contributed by atoms with van der Waals surface area (Å²) in [6.45, 7) is 5.42. The van der Waals surface area contributed by atoms with Gasteiger partial charge in [-0.2, -0.15) is 0 Å². The summed E-state index contributed by atoms with van der Waals surface area (Å²) in [5, 5.41) is 16.4. The van der Waals surface area contributed by atoms with Crippen molar-refractivity contribution in [3.63, 3.8) is 0 Å². The Morgan fingerprint density at radius 2 is 2.35 bits per heavy atom. The number of hydrogen-bond acceptors (Lipinski definition) is 5. The highest BCUT2D eigenvalue weighted by molar-refractivity contribution is 5.90. The van der Waals surface area contributed by atoms with Crippen molar-refractivity contribution >= 4 is 17.6 Å². The van der Waals surface area contributed by atoms with Crippen LogP contribution in [0.5, 0.6) is 0 Å². The molecular formula is C12H20N6O2. The summed E-state index contributed by atoms with van der Waals surface area (Å²) in [7, 11) is 0. The SMILES string of the molecule is CC(C)C(=O)Nc1cn(CC(=O)NC2CCNC2)nn1. The van der Waals surface area contributed by atoms with E-state index in [1.165, 1.54) is 4.68 Å². The molecule has 0 aliphatic carbocycles. The number of carbonyl (C=O) groups is 2. The average Bonchev–Trinajstić information content (AvgIpc) is 3.01. The number of aromatic nitrogens is 3. The van der Waals surface area contributed by atoms with E-state index in [1.807, 2.05) is 0 Å². The Labute approximate surface area is 117 Å². The Balaban J connectivity index is 1.82. The lowest BCUT2D eigenvalue weighted by Gasteiger charge is -2.10. The van der Waals surface area contributed by atoms with Crippen LogP contribution in [-0.4, -0.2) is 45.9 Å². The molecule has 0 spiro atoms. The summed E-state index contributed by atoms with van der Waals surface area (Å²) in [5.74, 6) is 0.00113. The largest absolute Gasteiger partial charge is 0.350 e. The maximum atomic E-state index is 11.8. The lowest BCUT2D eigenvalue weighted by atomic mass is 10.2. The lowest BCUT2D eigenvalue weighted by Crippen LogP contribution is -2.38. The minimum absolute atomic E-state index is 0.0983. The zero-order chi connectivity index (χ0) is 14.5. The Hall–Kier alpha value is -1.96. The maximum Gasteiger partial charge on any atom is 0.242 e. The molecule has 1 aromatic heterocycles. The maximum absolute atomic E-state index is 11.8. The van der Waals surface area contributed by atoms with Crippen LogP contribution in [0.25, 0.3) is 0 Å². The van der Waals surface area contributed by atoms with Gasteiger partial charge in [0.05, 0.1) is 6.20 Å². The zero-order valence-electron chi connectivity index (χ0n) is 11.7. The first-order valence-electron chi connectivity index (χ1n) is 6.75. The van der Waals surface area contributed by atoms with Gasteiger partial charge in [-0.15, -0.1) is 5.10 Å². The molecule has 1 fully saturated rings. The van der Waals surface area contributed by atoms with E-state index in [2.05, 4.69) is 26.3 Å². The fraction of sp³-hybridized carbons (Fsp3) is 0.667. The van der Waals surface area contributed by atoms with Gasteiger partial charge in [0.15, 0.2) is 5.82 Å². The first kappa shape index (κ1) is 14.4. The van der Waals surface area contributed by atoms with Crippen LogP contribution in [0.15, 0.2) is 6.20 Å². The lowest BCUT2D eigenvalue weighted by molar-refractivity contribution is -0.122. The first-order chi connectivity index (χ1) is 9.54. The second-order valence-electron chi connectivity index (χ2n) is 5.20. The van der Waals surface area contributed by atoms with Crippen molar-refractivity contribution in [2.75, 3.05) is 18.4 Å². The van der Waals surface area contributed by atoms with Gasteiger partial charge in [-0.05, 0) is 13.0 Å². The van der Waals surface area contributed by atoms with E-state index in [1.54, 1.807) is 20.0 Å². The third-order valence-corrected chi connectivity index (χ3v) is 3.05. The summed E-state index contributed by atoms with van der Waals surface area (Å²) in [4.78, 5) is 23.3. The van der Waals surface area contributed by atoms with Gasteiger partial charge >= 0.3 is 0 Å². The van der Waals surface area contributed by atoms with E-state index in [0.717, 1.165) is 19.5 Å². The van der Waals surface area contributed by atoms with Crippen molar-refractivity contribution in [2.45, 2.75) is 32.9 Å². The molecule has 1 atom stereocenters. The van der Waals surface area contributed by atoms with Crippen LogP contribution < -0.4 is 16.0 Å². The fourth-order valence-corrected chi connectivity index (χ4v) is 1.90. The first-order valence-corrected chi connectivity index (χ1v) is 6.75. The molecule has 2 rings (SSSR count). The Bertz CT molecular complexity index is 478. The molecule has 110 valence electrons. The molecule has 0 saturated carbocycles. The minimum Gasteiger partial charge on any atom is -0.350 e. The molecule has 1 aliphatic rings. The van der Waals surface area contributed by atoms with Gasteiger partial charge in [0, 0.05) is 18.5 Å². The Morgan fingerprint density at radius 3 is 3.00 bits per heavy atom. The molecule has 1 aliphatic heterocycles. The van der Waals surface area contributed by atoms with Crippen LogP contribution in [0.4, 0.5) is 5.82 Å². The second kappa shape index (κ2) is 6.47. The van der Waals surface area contributed by atoms with Crippen LogP contribution in [0.2, 0.25) is 0 Å². The molecule has 3 N–H and O–H groups in total. The van der Waals surface area contributed by atoms with Gasteiger partial charge in [-0.3, -0.25) is 9.59 Å². The third-order valence-electron chi connectivity index (χ3n) is 3.05. The predicted octanol–water partition coefficient (Wildman–Crippen LogP) is -0.649. The topological polar surface area (TPSA) is 101 Å². The molecule has 1 unspecified atom stereocenters. The standard InChI is InChI=1S/C12H20N6O2/c1-8(2)12(20)15-10-6-18(17-16-10)7-11(19)14-9-3-4-13-5-9/h6,8-9,13H,3-5,7H2,1-2H3,(H,14,19)(H,15,20). The molecule has 0 radical (unpaired) electrons. The fourth-order valence-electron chi connectivity index (χ4n) is 1.90. The van der Waals surface area contributed by atoms with Crippen molar-refractivity contribution in [1.29, 1.82) is 0 Å². The third kappa shape index (κ3) is 4.02. The van der Waals surface area contributed by atoms with Gasteiger partial charge < -0.3 is 16.0 Å². The van der Waals surface area contributed by atoms with Crippen LogP contribution in [0.3, 0.4) is 0 Å². The van der Waals surface area contributed by atoms with Crippen molar-refractivity contribution in [1.82, 2.24) is 25.6 Å². The summed E-state index contributed by atoms with van der Waals surface area (Å²) >= 11 is 0. The van der Waals surface area contributed by atoms with Gasteiger partial charge in [-0.1, -0.05) is 19.1 Å². The number of nitrogens with one attached hydrogen (secondary N) is 3. The van der Waals surface area contributed by atoms with E-state index in [-0.39, 0.29) is 30.3 Å². The van der Waals surface area contributed by atoms with Gasteiger partial charge in [0.2, 0.25) is 11.8 Å². The summed E-state index contributed by atoms with van der Waals surface area (Å²) < 4.78 is 1.41. The molecular weight excluding hydrogens is 260 g/mol. The normalized spacial score (nSPS) is 18.2. The summed E-state index contributed by atoms with van der Waals surface area (Å²) in [6.07, 6.45) is 2.49. The Morgan fingerprint density at radius 1 is 1.55 bits per heavy atom. The highest BCUT2D eigenvalue weighted by Crippen LogP contribution is 2.03. The minimum atomic E-state index is -0.127. The van der Waals surface area contributed by atoms with Gasteiger partial charge in [-0.25, -0.2) is 4.68 Å². The number of rotatable bonds is 5. The predicted molar refractivity (Wildman–Crippen MR) is 72.9 cm³/mol. The highest BCUT2D eigenvalue weighted by atomic mass is 16.2. The Kier molecular flexibility index (Phi) is 4.67. The van der Waals surface area contributed by atoms with Gasteiger partial charge in [0.25, 0.3) is 0 Å². The van der Waals surface area contributed by atoms with E-state index < -0.39 is 0 Å². The summed E-state index contributed by atoms with van der Waals surface area (Å²) in [5.41, 5.74) is 0. The van der Waals surface area contributed by atoms with Crippen LogP contribution >= 0.6 is 0 Å². The number of anilines is 1. The molecule has 0 bridgehead atoms. The summed E-state index contributed by atoms with van der Waals surface area (Å²) in [6, 6.07) is 0.186. The zero-order valence-corrected chi connectivity index (χ0v) is 11.7. The van der Waals surface area contributed by atoms with E-state index in [0.29, 0.717) is 5.82 Å². The van der Waals surface area contributed by atoms with Crippen molar-refractivity contribution in [3.05, 3.63) is 6.20 Å². The van der Waals surface area contributed by atoms with E-state index >= 15 is 0 Å². The molecule has 8 heteroatoms. The van der Waals surface area contributed by atoms with Crippen molar-refractivity contribution in [3.8, 4) is 0 Å². The molecule has 1 aromatic rings. The van der Waals surface area contributed by atoms with E-state index in [9.17, 15) is 9.59 Å². The van der Waals surface area contributed by atoms with Crippen LogP contribution in [-0.2, 0) is 16.1 Å². The molecule has 0 aromatic carbocycles. The second-order valence-corrected chi connectivity index (χ2v) is 5.20. The molecule has 20 heavy (non-hydrogen) atoms. The van der Waals surface area contributed by atoms with Crippen molar-refractivity contribution in [2.24, 2.45) is 5.92 Å². The van der Waals surface area contributed by atoms with Crippen LogP contribution in [0.1, 0.15) is 20.3 Å². The average molecular weight is 280 g/mol. The molecule has 8 nitrogen and oxygen atoms in total. The highest BCUT2D eigenvalue weighted by Gasteiger charge is 2.17. The number of hydrogen-bond donors (Lipinski definition) is 3. The van der Waals surface area contributed by atoms with Crippen LogP contribution in [0, 0.1) is 5.92 Å². The smallest absolute Gasteiger partial charge is 0.242 e. The number of amides is 2. The molecule has 2 heterocycles. The number of nitrogens with zero attached hydrogens (tertiary/aromatic N) is 3. The molecule has 1 saturated heterocycles. The molecule has 2 amide bonds.